The summed E-state index contributed by atoms with van der Waals surface area (Å²) in [4.78, 5) is 3.45. The van der Waals surface area contributed by atoms with Crippen molar-refractivity contribution in [2.45, 2.75) is 13.3 Å². The van der Waals surface area contributed by atoms with Crippen LogP contribution in [0.2, 0.25) is 0 Å². The lowest BCUT2D eigenvalue weighted by Gasteiger charge is -2.24. The summed E-state index contributed by atoms with van der Waals surface area (Å²) >= 11 is 0. The fourth-order valence-corrected chi connectivity index (χ4v) is 2.34. The first-order chi connectivity index (χ1) is 3.93. The van der Waals surface area contributed by atoms with Crippen molar-refractivity contribution in [2.24, 2.45) is 0 Å². The van der Waals surface area contributed by atoms with Crippen LogP contribution in [0, 0.1) is 0 Å². The van der Waals surface area contributed by atoms with Crippen LogP contribution in [-0.2, 0) is 0 Å². The number of rotatable bonds is 1. The molecule has 1 aliphatic heterocycles. The maximum Gasteiger partial charge on any atom is 0.170 e. The molecule has 0 aromatic rings. The van der Waals surface area contributed by atoms with Gasteiger partial charge in [-0.25, -0.2) is 0 Å². The second kappa shape index (κ2) is 3.22. The van der Waals surface area contributed by atoms with E-state index in [2.05, 4.69) is 16.5 Å². The van der Waals surface area contributed by atoms with E-state index in [1.807, 2.05) is 0 Å². The second-order valence-electron chi connectivity index (χ2n) is 2.22. The molecule has 0 radical (unpaired) electrons. The topological polar surface area (TPSA) is 15.3 Å². The highest BCUT2D eigenvalue weighted by atomic mass is 28.2. The van der Waals surface area contributed by atoms with Crippen molar-refractivity contribution in [1.29, 1.82) is 0 Å². The minimum atomic E-state index is 0.00579. The Balaban J connectivity index is 2.13. The summed E-state index contributed by atoms with van der Waals surface area (Å²) in [5.41, 5.74) is 0. The zero-order chi connectivity index (χ0) is 5.82. The highest BCUT2D eigenvalue weighted by Crippen LogP contribution is 1.90. The van der Waals surface area contributed by atoms with Crippen molar-refractivity contribution in [3.63, 3.8) is 0 Å². The summed E-state index contributed by atoms with van der Waals surface area (Å²) in [5, 5.41) is 0. The maximum absolute atomic E-state index is 3.45. The van der Waals surface area contributed by atoms with Gasteiger partial charge in [-0.2, -0.15) is 0 Å². The van der Waals surface area contributed by atoms with Gasteiger partial charge in [0.25, 0.3) is 0 Å². The first-order valence-electron chi connectivity index (χ1n) is 3.36. The molecule has 1 fully saturated rings. The van der Waals surface area contributed by atoms with Crippen LogP contribution in [0.25, 0.3) is 0 Å². The van der Waals surface area contributed by atoms with Crippen molar-refractivity contribution in [2.75, 3.05) is 19.6 Å². The molecule has 0 atom stereocenters. The van der Waals surface area contributed by atoms with Gasteiger partial charge in [0.2, 0.25) is 0 Å². The minimum absolute atomic E-state index is 0.00579. The monoisotopic (exact) mass is 130 g/mol. The highest BCUT2D eigenvalue weighted by molar-refractivity contribution is 6.28. The quantitative estimate of drug-likeness (QED) is 0.472. The lowest BCUT2D eigenvalue weighted by Crippen LogP contribution is -2.44. The zero-order valence-corrected chi connectivity index (χ0v) is 6.90. The first kappa shape index (κ1) is 6.26. The van der Waals surface area contributed by atoms with Gasteiger partial charge >= 0.3 is 0 Å². The molecule has 0 aliphatic carbocycles. The number of nitrogens with zero attached hydrogens (tertiary/aromatic N) is 1. The molecule has 1 heterocycles. The second-order valence-corrected chi connectivity index (χ2v) is 3.93. The normalized spacial score (nSPS) is 26.6. The fraction of sp³-hybridized carbons (Fsp3) is 1.00. The van der Waals surface area contributed by atoms with E-state index >= 15 is 0 Å². The van der Waals surface area contributed by atoms with E-state index in [-0.39, 0.29) is 9.84 Å². The van der Waals surface area contributed by atoms with Crippen molar-refractivity contribution in [1.82, 2.24) is 9.55 Å². The van der Waals surface area contributed by atoms with Crippen LogP contribution in [0.1, 0.15) is 13.3 Å². The summed E-state index contributed by atoms with van der Waals surface area (Å²) in [5.74, 6) is 0. The SMILES string of the molecule is CCN1CCCN[SiH2]1. The zero-order valence-electron chi connectivity index (χ0n) is 5.48. The van der Waals surface area contributed by atoms with Crippen LogP contribution in [0.5, 0.6) is 0 Å². The molecule has 1 rings (SSSR count). The summed E-state index contributed by atoms with van der Waals surface area (Å²) in [7, 11) is 0.00579. The standard InChI is InChI=1S/C5H14N2Si/c1-2-7-5-3-4-6-8-7/h6H,2-5,8H2,1H3. The molecule has 1 saturated heterocycles. The summed E-state index contributed by atoms with van der Waals surface area (Å²) in [6, 6.07) is 0. The molecule has 0 amide bonds. The van der Waals surface area contributed by atoms with Crippen molar-refractivity contribution >= 4 is 9.84 Å². The van der Waals surface area contributed by atoms with Gasteiger partial charge < -0.3 is 9.55 Å². The van der Waals surface area contributed by atoms with E-state index in [1.54, 1.807) is 0 Å². The number of hydrogen-bond acceptors (Lipinski definition) is 2. The van der Waals surface area contributed by atoms with E-state index in [1.165, 1.54) is 26.1 Å². The van der Waals surface area contributed by atoms with Crippen molar-refractivity contribution in [3.8, 4) is 0 Å². The van der Waals surface area contributed by atoms with Gasteiger partial charge in [0, 0.05) is 0 Å². The van der Waals surface area contributed by atoms with Gasteiger partial charge in [0.05, 0.1) is 0 Å². The summed E-state index contributed by atoms with van der Waals surface area (Å²) < 4.78 is 2.55. The fourth-order valence-electron chi connectivity index (χ4n) is 1.01. The Bertz CT molecular complexity index is 61.4. The van der Waals surface area contributed by atoms with E-state index in [4.69, 9.17) is 0 Å². The summed E-state index contributed by atoms with van der Waals surface area (Å²) in [6.07, 6.45) is 1.35. The minimum Gasteiger partial charge on any atom is -0.330 e. The molecule has 3 heteroatoms. The molecule has 8 heavy (non-hydrogen) atoms. The maximum atomic E-state index is 3.45. The van der Waals surface area contributed by atoms with Gasteiger partial charge in [0.15, 0.2) is 9.84 Å². The predicted molar refractivity (Wildman–Crippen MR) is 38.4 cm³/mol. The van der Waals surface area contributed by atoms with Crippen molar-refractivity contribution < 1.29 is 0 Å². The molecule has 1 N–H and O–H groups in total. The highest BCUT2D eigenvalue weighted by Gasteiger charge is 2.05. The van der Waals surface area contributed by atoms with Crippen LogP contribution >= 0.6 is 0 Å². The molecular formula is C5H14N2Si. The molecule has 0 aromatic carbocycles. The molecule has 1 aliphatic rings. The van der Waals surface area contributed by atoms with E-state index < -0.39 is 0 Å². The Morgan fingerprint density at radius 3 is 3.00 bits per heavy atom. The average molecular weight is 130 g/mol. The van der Waals surface area contributed by atoms with Crippen LogP contribution in [0.3, 0.4) is 0 Å². The molecule has 0 unspecified atom stereocenters. The first-order valence-corrected chi connectivity index (χ1v) is 4.70. The van der Waals surface area contributed by atoms with Gasteiger partial charge in [-0.15, -0.1) is 0 Å². The van der Waals surface area contributed by atoms with Gasteiger partial charge in [-0.05, 0) is 26.1 Å². The van der Waals surface area contributed by atoms with Gasteiger partial charge in [0.1, 0.15) is 0 Å². The number of hydrogen-bond donors (Lipinski definition) is 1. The molecule has 2 nitrogen and oxygen atoms in total. The van der Waals surface area contributed by atoms with Gasteiger partial charge in [-0.3, -0.25) is 0 Å². The molecule has 0 bridgehead atoms. The molecule has 0 saturated carbocycles. The molecule has 48 valence electrons. The third-order valence-electron chi connectivity index (χ3n) is 1.61. The van der Waals surface area contributed by atoms with E-state index in [0.717, 1.165) is 0 Å². The molecule has 0 spiro atoms. The van der Waals surface area contributed by atoms with Gasteiger partial charge in [-0.1, -0.05) is 6.92 Å². The Kier molecular flexibility index (Phi) is 2.52. The van der Waals surface area contributed by atoms with Crippen LogP contribution in [0.15, 0.2) is 0 Å². The van der Waals surface area contributed by atoms with E-state index in [9.17, 15) is 0 Å². The van der Waals surface area contributed by atoms with E-state index in [0.29, 0.717) is 0 Å². The van der Waals surface area contributed by atoms with Crippen LogP contribution < -0.4 is 4.98 Å². The van der Waals surface area contributed by atoms with Crippen LogP contribution in [-0.4, -0.2) is 34.0 Å². The predicted octanol–water partition coefficient (Wildman–Crippen LogP) is -0.700. The summed E-state index contributed by atoms with van der Waals surface area (Å²) in [6.45, 7) is 6.09. The van der Waals surface area contributed by atoms with Crippen LogP contribution in [0.4, 0.5) is 0 Å². The third-order valence-corrected chi connectivity index (χ3v) is 3.40. The smallest absolute Gasteiger partial charge is 0.170 e. The lowest BCUT2D eigenvalue weighted by molar-refractivity contribution is 0.420. The molecular weight excluding hydrogens is 116 g/mol. The Morgan fingerprint density at radius 2 is 2.62 bits per heavy atom. The Morgan fingerprint density at radius 1 is 1.75 bits per heavy atom. The number of nitrogens with one attached hydrogen (secondary N) is 1. The third kappa shape index (κ3) is 1.58. The largest absolute Gasteiger partial charge is 0.330 e. The van der Waals surface area contributed by atoms with Crippen molar-refractivity contribution in [3.05, 3.63) is 0 Å². The Hall–Kier alpha value is 0.137. The molecule has 0 aromatic heterocycles. The Labute approximate surface area is 53.2 Å². The lowest BCUT2D eigenvalue weighted by atomic mass is 10.4. The average Bonchev–Trinajstić information content (AvgIpc) is 1.90.